The van der Waals surface area contributed by atoms with Gasteiger partial charge in [0.25, 0.3) is 0 Å². The number of carbonyl (C=O) groups is 1. The molecule has 1 aromatic carbocycles. The number of hydrogen-bond donors (Lipinski definition) is 1. The molecule has 2 atom stereocenters. The van der Waals surface area contributed by atoms with Crippen LogP contribution >= 0.6 is 11.6 Å². The molecule has 0 amide bonds. The van der Waals surface area contributed by atoms with Gasteiger partial charge < -0.3 is 9.84 Å². The van der Waals surface area contributed by atoms with Crippen LogP contribution in [-0.4, -0.2) is 23.9 Å². The van der Waals surface area contributed by atoms with E-state index in [0.29, 0.717) is 5.69 Å². The number of aliphatic hydroxyl groups is 1. The van der Waals surface area contributed by atoms with Gasteiger partial charge in [-0.1, -0.05) is 11.6 Å². The predicted molar refractivity (Wildman–Crippen MR) is 64.6 cm³/mol. The highest BCUT2D eigenvalue weighted by atomic mass is 35.5. The third kappa shape index (κ3) is 2.23. The normalized spacial score (nSPS) is 21.6. The number of fused-ring (bicyclic) bond motifs is 1. The number of halogens is 2. The van der Waals surface area contributed by atoms with E-state index in [2.05, 4.69) is 4.99 Å². The van der Waals surface area contributed by atoms with Crippen LogP contribution in [0.5, 0.6) is 0 Å². The minimum Gasteiger partial charge on any atom is -0.465 e. The van der Waals surface area contributed by atoms with Crippen molar-refractivity contribution in [2.24, 2.45) is 10.9 Å². The highest BCUT2D eigenvalue weighted by Gasteiger charge is 2.32. The van der Waals surface area contributed by atoms with Gasteiger partial charge in [-0.2, -0.15) is 0 Å². The summed E-state index contributed by atoms with van der Waals surface area (Å²) in [6.07, 6.45) is 0.113. The first-order chi connectivity index (χ1) is 8.54. The topological polar surface area (TPSA) is 58.9 Å². The molecule has 0 spiro atoms. The van der Waals surface area contributed by atoms with Gasteiger partial charge in [-0.15, -0.1) is 0 Å². The number of aliphatic imine (C=N–C) groups is 1. The van der Waals surface area contributed by atoms with E-state index in [0.717, 1.165) is 6.07 Å². The fraction of sp³-hybridized carbons (Fsp3) is 0.333. The van der Waals surface area contributed by atoms with Crippen LogP contribution in [0.25, 0.3) is 0 Å². The van der Waals surface area contributed by atoms with Gasteiger partial charge in [-0.3, -0.25) is 9.79 Å². The number of rotatable bonds is 2. The largest absolute Gasteiger partial charge is 0.465 e. The van der Waals surface area contributed by atoms with Crippen molar-refractivity contribution in [3.8, 4) is 0 Å². The van der Waals surface area contributed by atoms with E-state index < -0.39 is 23.8 Å². The van der Waals surface area contributed by atoms with Crippen LogP contribution in [-0.2, 0) is 9.53 Å². The molecule has 0 aromatic heterocycles. The average Bonchev–Trinajstić information content (AvgIpc) is 2.32. The number of esters is 1. The molecule has 1 aromatic rings. The van der Waals surface area contributed by atoms with E-state index in [1.165, 1.54) is 12.3 Å². The summed E-state index contributed by atoms with van der Waals surface area (Å²) in [5.74, 6) is -2.16. The molecule has 0 aliphatic carbocycles. The lowest BCUT2D eigenvalue weighted by Crippen LogP contribution is -2.27. The quantitative estimate of drug-likeness (QED) is 0.841. The van der Waals surface area contributed by atoms with Crippen LogP contribution in [0.2, 0.25) is 5.02 Å². The molecule has 0 saturated heterocycles. The molecule has 4 nitrogen and oxygen atoms in total. The third-order valence-electron chi connectivity index (χ3n) is 2.66. The maximum Gasteiger partial charge on any atom is 0.317 e. The van der Waals surface area contributed by atoms with E-state index in [-0.39, 0.29) is 17.2 Å². The summed E-state index contributed by atoms with van der Waals surface area (Å²) in [4.78, 5) is 15.6. The molecule has 0 bridgehead atoms. The van der Waals surface area contributed by atoms with E-state index in [1.807, 2.05) is 0 Å². The molecule has 2 rings (SSSR count). The highest BCUT2D eigenvalue weighted by molar-refractivity contribution is 6.31. The van der Waals surface area contributed by atoms with Gasteiger partial charge in [-0.05, 0) is 19.1 Å². The maximum absolute atomic E-state index is 13.3. The smallest absolute Gasteiger partial charge is 0.317 e. The Morgan fingerprint density at radius 2 is 2.33 bits per heavy atom. The molecule has 1 heterocycles. The second-order valence-corrected chi connectivity index (χ2v) is 4.23. The molecule has 6 heteroatoms. The summed E-state index contributed by atoms with van der Waals surface area (Å²) in [6.45, 7) is 1.87. The lowest BCUT2D eigenvalue weighted by Gasteiger charge is -2.23. The second-order valence-electron chi connectivity index (χ2n) is 3.83. The van der Waals surface area contributed by atoms with Crippen molar-refractivity contribution in [2.45, 2.75) is 13.0 Å². The van der Waals surface area contributed by atoms with Crippen LogP contribution in [0.3, 0.4) is 0 Å². The Kier molecular flexibility index (Phi) is 3.63. The molecule has 1 aliphatic heterocycles. The van der Waals surface area contributed by atoms with E-state index in [1.54, 1.807) is 6.92 Å². The Labute approximate surface area is 108 Å². The molecule has 0 radical (unpaired) electrons. The van der Waals surface area contributed by atoms with Crippen molar-refractivity contribution in [3.63, 3.8) is 0 Å². The molecule has 0 fully saturated rings. The van der Waals surface area contributed by atoms with E-state index in [9.17, 15) is 14.3 Å². The lowest BCUT2D eigenvalue weighted by atomic mass is 9.93. The fourth-order valence-corrected chi connectivity index (χ4v) is 1.92. The molecule has 18 heavy (non-hydrogen) atoms. The van der Waals surface area contributed by atoms with E-state index in [4.69, 9.17) is 16.3 Å². The SMILES string of the molecule is CCOC(=O)C1C=Nc2cc(Cl)c(F)cc2C1O. The summed E-state index contributed by atoms with van der Waals surface area (Å²) >= 11 is 5.62. The molecular weight excluding hydrogens is 261 g/mol. The Bertz CT molecular complexity index is 518. The summed E-state index contributed by atoms with van der Waals surface area (Å²) < 4.78 is 18.2. The van der Waals surface area contributed by atoms with Crippen molar-refractivity contribution in [3.05, 3.63) is 28.5 Å². The summed E-state index contributed by atoms with van der Waals surface area (Å²) in [5, 5.41) is 9.96. The Hall–Kier alpha value is -1.46. The predicted octanol–water partition coefficient (Wildman–Crippen LogP) is 2.41. The Balaban J connectivity index is 2.36. The first kappa shape index (κ1) is 13.0. The number of hydrogen-bond acceptors (Lipinski definition) is 4. The van der Waals surface area contributed by atoms with Crippen LogP contribution < -0.4 is 0 Å². The summed E-state index contributed by atoms with van der Waals surface area (Å²) in [5.41, 5.74) is 0.590. The van der Waals surface area contributed by atoms with Crippen molar-refractivity contribution in [1.29, 1.82) is 0 Å². The van der Waals surface area contributed by atoms with Gasteiger partial charge in [-0.25, -0.2) is 4.39 Å². The third-order valence-corrected chi connectivity index (χ3v) is 2.95. The lowest BCUT2D eigenvalue weighted by molar-refractivity contribution is -0.148. The van der Waals surface area contributed by atoms with Crippen molar-refractivity contribution < 1.29 is 19.0 Å². The van der Waals surface area contributed by atoms with Gasteiger partial charge in [0.15, 0.2) is 0 Å². The molecule has 96 valence electrons. The minimum absolute atomic E-state index is 0.0762. The number of nitrogens with zero attached hydrogens (tertiary/aromatic N) is 1. The average molecular weight is 272 g/mol. The first-order valence-corrected chi connectivity index (χ1v) is 5.80. The van der Waals surface area contributed by atoms with Gasteiger partial charge in [0, 0.05) is 11.8 Å². The Morgan fingerprint density at radius 3 is 3.00 bits per heavy atom. The number of benzene rings is 1. The standard InChI is InChI=1S/C12H11ClFNO3/c1-2-18-12(17)7-5-15-10-4-8(13)9(14)3-6(10)11(7)16/h3-5,7,11,16H,2H2,1H3. The second kappa shape index (κ2) is 5.04. The van der Waals surface area contributed by atoms with Crippen LogP contribution in [0.4, 0.5) is 10.1 Å². The van der Waals surface area contributed by atoms with Gasteiger partial charge in [0.05, 0.1) is 23.4 Å². The summed E-state index contributed by atoms with van der Waals surface area (Å²) in [7, 11) is 0. The van der Waals surface area contributed by atoms with Crippen molar-refractivity contribution >= 4 is 29.5 Å². The molecule has 2 unspecified atom stereocenters. The van der Waals surface area contributed by atoms with Crippen LogP contribution in [0.15, 0.2) is 17.1 Å². The number of carbonyl (C=O) groups excluding carboxylic acids is 1. The maximum atomic E-state index is 13.3. The monoisotopic (exact) mass is 271 g/mol. The molecular formula is C12H11ClFNO3. The van der Waals surface area contributed by atoms with Crippen LogP contribution in [0.1, 0.15) is 18.6 Å². The number of ether oxygens (including phenoxy) is 1. The first-order valence-electron chi connectivity index (χ1n) is 5.42. The van der Waals surface area contributed by atoms with Gasteiger partial charge in [0.2, 0.25) is 0 Å². The zero-order valence-electron chi connectivity index (χ0n) is 9.56. The minimum atomic E-state index is -1.18. The zero-order valence-corrected chi connectivity index (χ0v) is 10.3. The zero-order chi connectivity index (χ0) is 13.3. The van der Waals surface area contributed by atoms with Crippen LogP contribution in [0, 0.1) is 11.7 Å². The fourth-order valence-electron chi connectivity index (χ4n) is 1.76. The molecule has 1 N–H and O–H groups in total. The van der Waals surface area contributed by atoms with Gasteiger partial charge in [0.1, 0.15) is 11.7 Å². The van der Waals surface area contributed by atoms with Crippen molar-refractivity contribution in [1.82, 2.24) is 0 Å². The summed E-state index contributed by atoms with van der Waals surface area (Å²) in [6, 6.07) is 2.40. The molecule has 0 saturated carbocycles. The van der Waals surface area contributed by atoms with Crippen molar-refractivity contribution in [2.75, 3.05) is 6.61 Å². The Morgan fingerprint density at radius 1 is 1.61 bits per heavy atom. The molecule has 1 aliphatic rings. The highest BCUT2D eigenvalue weighted by Crippen LogP contribution is 2.37. The van der Waals surface area contributed by atoms with E-state index >= 15 is 0 Å². The van der Waals surface area contributed by atoms with Gasteiger partial charge >= 0.3 is 5.97 Å². The number of aliphatic hydroxyl groups excluding tert-OH is 1.